The highest BCUT2D eigenvalue weighted by Crippen LogP contribution is 2.22. The third-order valence-electron chi connectivity index (χ3n) is 3.37. The molecule has 0 saturated carbocycles. The molecule has 1 aromatic carbocycles. The quantitative estimate of drug-likeness (QED) is 0.838. The molecular weight excluding hydrogens is 278 g/mol. The molecule has 2 rings (SSSR count). The van der Waals surface area contributed by atoms with E-state index in [0.717, 1.165) is 10.5 Å². The first-order chi connectivity index (χ1) is 10.0. The number of carbonyl (C=O) groups is 2. The van der Waals surface area contributed by atoms with Crippen molar-refractivity contribution in [2.45, 2.75) is 24.9 Å². The van der Waals surface area contributed by atoms with Crippen LogP contribution in [0.3, 0.4) is 0 Å². The van der Waals surface area contributed by atoms with Crippen molar-refractivity contribution in [3.8, 4) is 0 Å². The average molecular weight is 295 g/mol. The minimum atomic E-state index is -1.26. The fraction of sp³-hybridized carbons (Fsp3) is 0.429. The molecule has 0 aromatic heterocycles. The number of aliphatic hydroxyl groups excluding tert-OH is 1. The topological polar surface area (TPSA) is 96.3 Å². The van der Waals surface area contributed by atoms with Crippen molar-refractivity contribution < 1.29 is 29.3 Å². The van der Waals surface area contributed by atoms with Crippen molar-refractivity contribution in [2.24, 2.45) is 0 Å². The van der Waals surface area contributed by atoms with Crippen molar-refractivity contribution >= 4 is 12.1 Å². The number of carboxylic acid groups (broad SMARTS) is 1. The number of carbonyl (C=O) groups excluding carboxylic acids is 1. The molecule has 114 valence electrons. The first kappa shape index (κ1) is 15.3. The highest BCUT2D eigenvalue weighted by atomic mass is 16.6. The van der Waals surface area contributed by atoms with Gasteiger partial charge in [0.1, 0.15) is 18.8 Å². The number of ether oxygens (including phenoxy) is 2. The Hall–Kier alpha value is -2.12. The third kappa shape index (κ3) is 3.32. The maximum Gasteiger partial charge on any atom is 0.411 e. The number of rotatable bonds is 4. The van der Waals surface area contributed by atoms with Gasteiger partial charge in [-0.2, -0.15) is 0 Å². The minimum absolute atomic E-state index is 0.0380. The average Bonchev–Trinajstić information content (AvgIpc) is 2.82. The van der Waals surface area contributed by atoms with Gasteiger partial charge in [-0.3, -0.25) is 4.90 Å². The number of benzene rings is 1. The highest BCUT2D eigenvalue weighted by Gasteiger charge is 2.48. The fourth-order valence-electron chi connectivity index (χ4n) is 2.36. The van der Waals surface area contributed by atoms with E-state index in [0.29, 0.717) is 0 Å². The van der Waals surface area contributed by atoms with Gasteiger partial charge in [-0.25, -0.2) is 9.59 Å². The van der Waals surface area contributed by atoms with Crippen LogP contribution in [0.2, 0.25) is 0 Å². The lowest BCUT2D eigenvalue weighted by Crippen LogP contribution is -2.46. The lowest BCUT2D eigenvalue weighted by Gasteiger charge is -2.23. The molecule has 0 aliphatic carbocycles. The van der Waals surface area contributed by atoms with Crippen LogP contribution < -0.4 is 0 Å². The van der Waals surface area contributed by atoms with Crippen molar-refractivity contribution in [3.63, 3.8) is 0 Å². The van der Waals surface area contributed by atoms with Gasteiger partial charge in [0.2, 0.25) is 0 Å². The van der Waals surface area contributed by atoms with E-state index in [1.165, 1.54) is 7.11 Å². The zero-order valence-corrected chi connectivity index (χ0v) is 11.5. The predicted molar refractivity (Wildman–Crippen MR) is 71.6 cm³/mol. The molecule has 1 saturated heterocycles. The number of methoxy groups -OCH3 is 1. The van der Waals surface area contributed by atoms with Crippen molar-refractivity contribution in [3.05, 3.63) is 35.9 Å². The molecule has 0 radical (unpaired) electrons. The molecule has 1 aliphatic heterocycles. The van der Waals surface area contributed by atoms with Crippen molar-refractivity contribution in [2.75, 3.05) is 13.7 Å². The van der Waals surface area contributed by atoms with E-state index >= 15 is 0 Å². The normalized spacial score (nSPS) is 24.9. The molecule has 0 spiro atoms. The molecule has 1 fully saturated rings. The summed E-state index contributed by atoms with van der Waals surface area (Å²) in [5.74, 6) is -1.24. The summed E-state index contributed by atoms with van der Waals surface area (Å²) in [4.78, 5) is 24.3. The standard InChI is InChI=1S/C14H17NO6/c1-20-12-10(16)7-15(11(12)13(17)18)14(19)21-8-9-5-3-2-4-6-9/h2-6,10-12,16H,7-8H2,1H3,(H,17,18)/t10-,11-,12+/m0/s1. The number of aliphatic carboxylic acids is 1. The van der Waals surface area contributed by atoms with E-state index in [2.05, 4.69) is 0 Å². The maximum atomic E-state index is 12.0. The zero-order chi connectivity index (χ0) is 15.4. The van der Waals surface area contributed by atoms with E-state index in [1.807, 2.05) is 18.2 Å². The Labute approximate surface area is 121 Å². The summed E-state index contributed by atoms with van der Waals surface area (Å²) in [6.07, 6.45) is -2.81. The molecule has 1 aromatic rings. The first-order valence-electron chi connectivity index (χ1n) is 6.45. The molecule has 3 atom stereocenters. The third-order valence-corrected chi connectivity index (χ3v) is 3.37. The van der Waals surface area contributed by atoms with Crippen LogP contribution in [0, 0.1) is 0 Å². The largest absolute Gasteiger partial charge is 0.480 e. The van der Waals surface area contributed by atoms with Crippen LogP contribution in [-0.4, -0.2) is 59.1 Å². The Balaban J connectivity index is 2.02. The Morgan fingerprint density at radius 1 is 1.33 bits per heavy atom. The summed E-state index contributed by atoms with van der Waals surface area (Å²) >= 11 is 0. The molecule has 7 heteroatoms. The van der Waals surface area contributed by atoms with Crippen molar-refractivity contribution in [1.82, 2.24) is 4.90 Å². The van der Waals surface area contributed by atoms with E-state index < -0.39 is 30.3 Å². The Morgan fingerprint density at radius 3 is 2.57 bits per heavy atom. The summed E-state index contributed by atoms with van der Waals surface area (Å²) in [6, 6.07) is 7.78. The molecule has 1 amide bonds. The van der Waals surface area contributed by atoms with Crippen LogP contribution in [0.4, 0.5) is 4.79 Å². The van der Waals surface area contributed by atoms with Gasteiger partial charge < -0.3 is 19.7 Å². The van der Waals surface area contributed by atoms with Gasteiger partial charge in [0.25, 0.3) is 0 Å². The van der Waals surface area contributed by atoms with Crippen LogP contribution in [0.1, 0.15) is 5.56 Å². The number of β-amino-alcohol motifs (C(OH)–C–C–N with tert-alkyl or cyclic N) is 1. The van der Waals surface area contributed by atoms with Crippen LogP contribution in [0.5, 0.6) is 0 Å². The monoisotopic (exact) mass is 295 g/mol. The smallest absolute Gasteiger partial charge is 0.411 e. The minimum Gasteiger partial charge on any atom is -0.480 e. The van der Waals surface area contributed by atoms with E-state index in [9.17, 15) is 19.8 Å². The van der Waals surface area contributed by atoms with Gasteiger partial charge in [-0.15, -0.1) is 0 Å². The fourth-order valence-corrected chi connectivity index (χ4v) is 2.36. The van der Waals surface area contributed by atoms with Gasteiger partial charge >= 0.3 is 12.1 Å². The predicted octanol–water partition coefficient (Wildman–Crippen LogP) is 0.468. The summed E-state index contributed by atoms with van der Waals surface area (Å²) in [5.41, 5.74) is 0.792. The molecule has 21 heavy (non-hydrogen) atoms. The number of aliphatic hydroxyl groups is 1. The summed E-state index contributed by atoms with van der Waals surface area (Å²) < 4.78 is 10.1. The Morgan fingerprint density at radius 2 is 2.00 bits per heavy atom. The second kappa shape index (κ2) is 6.55. The van der Waals surface area contributed by atoms with Crippen LogP contribution in [0.25, 0.3) is 0 Å². The van der Waals surface area contributed by atoms with Gasteiger partial charge in [0.15, 0.2) is 6.04 Å². The molecule has 7 nitrogen and oxygen atoms in total. The van der Waals surface area contributed by atoms with E-state index in [-0.39, 0.29) is 13.2 Å². The Bertz CT molecular complexity index is 505. The maximum absolute atomic E-state index is 12.0. The molecule has 1 aliphatic rings. The molecule has 0 bridgehead atoms. The number of nitrogens with zero attached hydrogens (tertiary/aromatic N) is 1. The second-order valence-electron chi connectivity index (χ2n) is 4.74. The molecular formula is C14H17NO6. The zero-order valence-electron chi connectivity index (χ0n) is 11.5. The first-order valence-corrected chi connectivity index (χ1v) is 6.45. The van der Waals surface area contributed by atoms with Crippen LogP contribution in [-0.2, 0) is 20.9 Å². The second-order valence-corrected chi connectivity index (χ2v) is 4.74. The van der Waals surface area contributed by atoms with E-state index in [1.54, 1.807) is 12.1 Å². The van der Waals surface area contributed by atoms with Gasteiger partial charge in [-0.1, -0.05) is 30.3 Å². The summed E-state index contributed by atoms with van der Waals surface area (Å²) in [5, 5.41) is 19.0. The van der Waals surface area contributed by atoms with E-state index in [4.69, 9.17) is 9.47 Å². The Kier molecular flexibility index (Phi) is 4.77. The molecule has 0 unspecified atom stereocenters. The number of hydrogen-bond donors (Lipinski definition) is 2. The lowest BCUT2D eigenvalue weighted by atomic mass is 10.1. The van der Waals surface area contributed by atoms with Crippen molar-refractivity contribution in [1.29, 1.82) is 0 Å². The molecule has 1 heterocycles. The highest BCUT2D eigenvalue weighted by molar-refractivity contribution is 5.81. The number of carboxylic acids is 1. The van der Waals surface area contributed by atoms with Gasteiger partial charge in [0.05, 0.1) is 6.54 Å². The summed E-state index contributed by atoms with van der Waals surface area (Å²) in [6.45, 7) is -0.0979. The number of amides is 1. The van der Waals surface area contributed by atoms with Gasteiger partial charge in [-0.05, 0) is 5.56 Å². The molecule has 2 N–H and O–H groups in total. The van der Waals surface area contributed by atoms with Gasteiger partial charge in [0, 0.05) is 7.11 Å². The van der Waals surface area contributed by atoms with Crippen LogP contribution in [0.15, 0.2) is 30.3 Å². The number of likely N-dealkylation sites (tertiary alicyclic amines) is 1. The lowest BCUT2D eigenvalue weighted by molar-refractivity contribution is -0.146. The number of hydrogen-bond acceptors (Lipinski definition) is 5. The SMILES string of the molecule is CO[C@H]1[C@@H](C(=O)O)N(C(=O)OCc2ccccc2)C[C@@H]1O. The van der Waals surface area contributed by atoms with Crippen LogP contribution >= 0.6 is 0 Å². The summed E-state index contributed by atoms with van der Waals surface area (Å²) in [7, 11) is 1.29.